The molecule has 4 heteroatoms. The summed E-state index contributed by atoms with van der Waals surface area (Å²) in [5.74, 6) is 1.45. The number of hydrogen-bond donors (Lipinski definition) is 1. The van der Waals surface area contributed by atoms with Gasteiger partial charge in [-0.1, -0.05) is 18.3 Å². The Morgan fingerprint density at radius 1 is 1.27 bits per heavy atom. The molecule has 0 unspecified atom stereocenters. The summed E-state index contributed by atoms with van der Waals surface area (Å²) in [4.78, 5) is 0.645. The first-order valence-electron chi connectivity index (χ1n) is 4.73. The first kappa shape index (κ1) is 11.8. The van der Waals surface area contributed by atoms with Gasteiger partial charge >= 0.3 is 0 Å². The largest absolute Gasteiger partial charge is 0.496 e. The van der Waals surface area contributed by atoms with E-state index in [2.05, 4.69) is 5.32 Å². The monoisotopic (exact) mass is 225 g/mol. The molecule has 0 aliphatic heterocycles. The third kappa shape index (κ3) is 2.59. The lowest BCUT2D eigenvalue weighted by Crippen LogP contribution is -2.22. The summed E-state index contributed by atoms with van der Waals surface area (Å²) in [6.45, 7) is 2.77. The first-order valence-corrected chi connectivity index (χ1v) is 5.14. The quantitative estimate of drug-likeness (QED) is 0.794. The molecule has 0 aromatic heterocycles. The molecular formula is C11H15NO2S. The van der Waals surface area contributed by atoms with Crippen molar-refractivity contribution in [1.29, 1.82) is 0 Å². The van der Waals surface area contributed by atoms with Crippen molar-refractivity contribution >= 4 is 17.2 Å². The molecule has 0 heterocycles. The molecule has 0 saturated heterocycles. The number of methoxy groups -OCH3 is 2. The van der Waals surface area contributed by atoms with Crippen LogP contribution in [0.3, 0.4) is 0 Å². The number of rotatable bonds is 4. The summed E-state index contributed by atoms with van der Waals surface area (Å²) in [6, 6.07) is 5.60. The van der Waals surface area contributed by atoms with Crippen LogP contribution in [0, 0.1) is 0 Å². The zero-order chi connectivity index (χ0) is 11.3. The van der Waals surface area contributed by atoms with Crippen molar-refractivity contribution in [3.05, 3.63) is 23.8 Å². The zero-order valence-corrected chi connectivity index (χ0v) is 9.98. The minimum Gasteiger partial charge on any atom is -0.496 e. The molecule has 1 N–H and O–H groups in total. The van der Waals surface area contributed by atoms with Gasteiger partial charge in [-0.25, -0.2) is 0 Å². The summed E-state index contributed by atoms with van der Waals surface area (Å²) in [5.41, 5.74) is 0.805. The van der Waals surface area contributed by atoms with Crippen LogP contribution < -0.4 is 14.8 Å². The van der Waals surface area contributed by atoms with Gasteiger partial charge in [0, 0.05) is 6.54 Å². The second-order valence-corrected chi connectivity index (χ2v) is 3.31. The number of benzene rings is 1. The van der Waals surface area contributed by atoms with E-state index < -0.39 is 0 Å². The van der Waals surface area contributed by atoms with Crippen LogP contribution in [0.1, 0.15) is 12.5 Å². The lowest BCUT2D eigenvalue weighted by atomic mass is 10.1. The first-order chi connectivity index (χ1) is 7.24. The highest BCUT2D eigenvalue weighted by molar-refractivity contribution is 7.80. The molecular weight excluding hydrogens is 210 g/mol. The summed E-state index contributed by atoms with van der Waals surface area (Å²) in [7, 11) is 3.24. The van der Waals surface area contributed by atoms with E-state index in [1.54, 1.807) is 14.2 Å². The average Bonchev–Trinajstić information content (AvgIpc) is 2.28. The summed E-state index contributed by atoms with van der Waals surface area (Å²) in [5, 5.41) is 3.08. The molecule has 1 aromatic rings. The van der Waals surface area contributed by atoms with E-state index in [1.807, 2.05) is 25.1 Å². The highest BCUT2D eigenvalue weighted by atomic mass is 32.1. The smallest absolute Gasteiger partial charge is 0.132 e. The minimum absolute atomic E-state index is 0.645. The van der Waals surface area contributed by atoms with E-state index in [9.17, 15) is 0 Å². The second-order valence-electron chi connectivity index (χ2n) is 2.90. The van der Waals surface area contributed by atoms with E-state index >= 15 is 0 Å². The van der Waals surface area contributed by atoms with Gasteiger partial charge in [0.15, 0.2) is 0 Å². The molecule has 0 amide bonds. The Labute approximate surface area is 95.4 Å². The SMILES string of the molecule is CCNC(=S)c1c(OC)cccc1OC. The van der Waals surface area contributed by atoms with Gasteiger partial charge < -0.3 is 14.8 Å². The van der Waals surface area contributed by atoms with Crippen LogP contribution in [-0.2, 0) is 0 Å². The topological polar surface area (TPSA) is 30.5 Å². The molecule has 0 fully saturated rings. The lowest BCUT2D eigenvalue weighted by molar-refractivity contribution is 0.392. The summed E-state index contributed by atoms with van der Waals surface area (Å²) in [6.07, 6.45) is 0. The Kier molecular flexibility index (Phi) is 4.37. The van der Waals surface area contributed by atoms with Gasteiger partial charge in [-0.2, -0.15) is 0 Å². The summed E-state index contributed by atoms with van der Waals surface area (Å²) < 4.78 is 10.5. The average molecular weight is 225 g/mol. The normalized spacial score (nSPS) is 9.53. The van der Waals surface area contributed by atoms with Crippen molar-refractivity contribution in [3.8, 4) is 11.5 Å². The maximum absolute atomic E-state index is 5.26. The van der Waals surface area contributed by atoms with Crippen LogP contribution in [0.25, 0.3) is 0 Å². The van der Waals surface area contributed by atoms with Crippen LogP contribution >= 0.6 is 12.2 Å². The van der Waals surface area contributed by atoms with Crippen LogP contribution in [0.15, 0.2) is 18.2 Å². The molecule has 0 atom stereocenters. The second kappa shape index (κ2) is 5.56. The number of ether oxygens (including phenoxy) is 2. The van der Waals surface area contributed by atoms with Crippen molar-refractivity contribution in [2.45, 2.75) is 6.92 Å². The van der Waals surface area contributed by atoms with Gasteiger partial charge in [0.1, 0.15) is 16.5 Å². The van der Waals surface area contributed by atoms with Gasteiger partial charge in [0.2, 0.25) is 0 Å². The van der Waals surface area contributed by atoms with Gasteiger partial charge in [-0.05, 0) is 19.1 Å². The third-order valence-electron chi connectivity index (χ3n) is 1.99. The lowest BCUT2D eigenvalue weighted by Gasteiger charge is -2.14. The van der Waals surface area contributed by atoms with Crippen molar-refractivity contribution < 1.29 is 9.47 Å². The fourth-order valence-electron chi connectivity index (χ4n) is 1.32. The standard InChI is InChI=1S/C11H15NO2S/c1-4-12-11(15)10-8(13-2)6-5-7-9(10)14-3/h5-7H,4H2,1-3H3,(H,12,15). The Morgan fingerprint density at radius 2 is 1.80 bits per heavy atom. The molecule has 0 radical (unpaired) electrons. The molecule has 0 aliphatic carbocycles. The molecule has 82 valence electrons. The van der Waals surface area contributed by atoms with Crippen LogP contribution in [0.4, 0.5) is 0 Å². The molecule has 0 bridgehead atoms. The van der Waals surface area contributed by atoms with Crippen molar-refractivity contribution in [1.82, 2.24) is 5.32 Å². The maximum atomic E-state index is 5.26. The summed E-state index contributed by atoms with van der Waals surface area (Å²) >= 11 is 5.26. The number of thiocarbonyl (C=S) groups is 1. The van der Waals surface area contributed by atoms with Crippen molar-refractivity contribution in [2.75, 3.05) is 20.8 Å². The van der Waals surface area contributed by atoms with Gasteiger partial charge in [-0.15, -0.1) is 0 Å². The molecule has 0 saturated carbocycles. The van der Waals surface area contributed by atoms with E-state index in [4.69, 9.17) is 21.7 Å². The fraction of sp³-hybridized carbons (Fsp3) is 0.364. The zero-order valence-electron chi connectivity index (χ0n) is 9.16. The van der Waals surface area contributed by atoms with E-state index in [-0.39, 0.29) is 0 Å². The molecule has 0 spiro atoms. The van der Waals surface area contributed by atoms with Crippen molar-refractivity contribution in [2.24, 2.45) is 0 Å². The Bertz CT molecular complexity index is 330. The van der Waals surface area contributed by atoms with Gasteiger partial charge in [-0.3, -0.25) is 0 Å². The molecule has 3 nitrogen and oxygen atoms in total. The third-order valence-corrected chi connectivity index (χ3v) is 2.34. The number of nitrogens with one attached hydrogen (secondary N) is 1. The van der Waals surface area contributed by atoms with Crippen molar-refractivity contribution in [3.63, 3.8) is 0 Å². The fourth-order valence-corrected chi connectivity index (χ4v) is 1.67. The van der Waals surface area contributed by atoms with Crippen LogP contribution in [-0.4, -0.2) is 25.8 Å². The highest BCUT2D eigenvalue weighted by Gasteiger charge is 2.13. The van der Waals surface area contributed by atoms with E-state index in [0.717, 1.165) is 23.6 Å². The molecule has 1 rings (SSSR count). The highest BCUT2D eigenvalue weighted by Crippen LogP contribution is 2.28. The van der Waals surface area contributed by atoms with Gasteiger partial charge in [0.05, 0.1) is 19.8 Å². The van der Waals surface area contributed by atoms with Gasteiger partial charge in [0.25, 0.3) is 0 Å². The molecule has 0 aliphatic rings. The van der Waals surface area contributed by atoms with Crippen LogP contribution in [0.2, 0.25) is 0 Å². The predicted molar refractivity (Wildman–Crippen MR) is 64.9 cm³/mol. The Balaban J connectivity index is 3.15. The maximum Gasteiger partial charge on any atom is 0.132 e. The Morgan fingerprint density at radius 3 is 2.20 bits per heavy atom. The Hall–Kier alpha value is -1.29. The van der Waals surface area contributed by atoms with Crippen LogP contribution in [0.5, 0.6) is 11.5 Å². The minimum atomic E-state index is 0.645. The van der Waals surface area contributed by atoms with E-state index in [1.165, 1.54) is 0 Å². The molecule has 15 heavy (non-hydrogen) atoms. The van der Waals surface area contributed by atoms with E-state index in [0.29, 0.717) is 4.99 Å². The molecule has 1 aromatic carbocycles. The number of hydrogen-bond acceptors (Lipinski definition) is 3. The predicted octanol–water partition coefficient (Wildman–Crippen LogP) is 1.99.